The summed E-state index contributed by atoms with van der Waals surface area (Å²) in [6.07, 6.45) is 0. The monoisotopic (exact) mass is 389 g/mol. The summed E-state index contributed by atoms with van der Waals surface area (Å²) in [6, 6.07) is 7.79. The van der Waals surface area contributed by atoms with E-state index in [0.717, 1.165) is 39.5 Å². The molecule has 0 aliphatic rings. The Morgan fingerprint density at radius 2 is 1.66 bits per heavy atom. The zero-order valence-electron chi connectivity index (χ0n) is 17.4. The fraction of sp³-hybridized carbons (Fsp3) is 0.261. The van der Waals surface area contributed by atoms with Crippen LogP contribution in [0.1, 0.15) is 44.3 Å². The van der Waals surface area contributed by atoms with Crippen molar-refractivity contribution in [3.63, 3.8) is 0 Å². The maximum absolute atomic E-state index is 13.3. The van der Waals surface area contributed by atoms with Crippen molar-refractivity contribution >= 4 is 22.7 Å². The summed E-state index contributed by atoms with van der Waals surface area (Å²) in [5.41, 5.74) is 6.89. The topological polar surface area (TPSA) is 81.2 Å². The van der Waals surface area contributed by atoms with E-state index in [-0.39, 0.29) is 5.91 Å². The number of fused-ring (bicyclic) bond motifs is 1. The Labute approximate surface area is 168 Å². The Hall–Kier alpha value is -3.41. The summed E-state index contributed by atoms with van der Waals surface area (Å²) in [5.74, 6) is 1.30. The molecule has 0 aliphatic carbocycles. The van der Waals surface area contributed by atoms with Crippen molar-refractivity contribution in [2.24, 2.45) is 0 Å². The third-order valence-electron chi connectivity index (χ3n) is 5.09. The molecule has 0 fully saturated rings. The number of carbonyl (C=O) groups excluding carboxylic acids is 1. The average molecular weight is 389 g/mol. The maximum atomic E-state index is 13.3. The Morgan fingerprint density at radius 1 is 0.966 bits per heavy atom. The smallest absolute Gasteiger partial charge is 0.259 e. The second-order valence-electron chi connectivity index (χ2n) is 7.56. The summed E-state index contributed by atoms with van der Waals surface area (Å²) in [5, 5.41) is 7.70. The van der Waals surface area contributed by atoms with Gasteiger partial charge in [-0.25, -0.2) is 4.98 Å². The van der Waals surface area contributed by atoms with Crippen LogP contribution in [-0.2, 0) is 0 Å². The maximum Gasteiger partial charge on any atom is 0.259 e. The third-order valence-corrected chi connectivity index (χ3v) is 5.09. The van der Waals surface area contributed by atoms with Crippen LogP contribution >= 0.6 is 0 Å². The van der Waals surface area contributed by atoms with Gasteiger partial charge >= 0.3 is 0 Å². The largest absolute Gasteiger partial charge is 0.466 e. The number of aromatic nitrogens is 2. The van der Waals surface area contributed by atoms with E-state index >= 15 is 0 Å². The SMILES string of the molecule is Cc1cc(C)c(NC(=O)c2cc(-c3cc(C)oc3C)nc3onc(C)c23)c(C)c1. The van der Waals surface area contributed by atoms with Crippen LogP contribution in [-0.4, -0.2) is 16.0 Å². The Kier molecular flexibility index (Phi) is 4.49. The number of furan rings is 1. The van der Waals surface area contributed by atoms with Gasteiger partial charge in [-0.15, -0.1) is 0 Å². The van der Waals surface area contributed by atoms with Gasteiger partial charge in [0.2, 0.25) is 0 Å². The molecule has 1 aromatic carbocycles. The lowest BCUT2D eigenvalue weighted by Gasteiger charge is -2.13. The molecule has 0 aliphatic heterocycles. The molecule has 0 atom stereocenters. The average Bonchev–Trinajstić information content (AvgIpc) is 3.19. The Morgan fingerprint density at radius 3 is 2.28 bits per heavy atom. The standard InChI is InChI=1S/C23H23N3O3/c1-11-7-12(2)21(13(3)8-11)25-22(27)18-10-19(17-9-14(4)28-16(17)6)24-23-20(18)15(5)26-29-23/h7-10H,1-6H3,(H,25,27). The van der Waals surface area contributed by atoms with Gasteiger partial charge in [0.25, 0.3) is 11.6 Å². The molecule has 0 saturated heterocycles. The molecular formula is C23H23N3O3. The molecule has 1 N–H and O–H groups in total. The first-order valence-corrected chi connectivity index (χ1v) is 9.48. The first kappa shape index (κ1) is 18.9. The van der Waals surface area contributed by atoms with E-state index in [2.05, 4.69) is 27.6 Å². The first-order valence-electron chi connectivity index (χ1n) is 9.48. The van der Waals surface area contributed by atoms with Gasteiger partial charge in [-0.3, -0.25) is 4.79 Å². The molecule has 29 heavy (non-hydrogen) atoms. The van der Waals surface area contributed by atoms with Crippen molar-refractivity contribution in [1.82, 2.24) is 10.1 Å². The molecule has 0 unspecified atom stereocenters. The fourth-order valence-corrected chi connectivity index (χ4v) is 3.85. The first-order chi connectivity index (χ1) is 13.7. The Bertz CT molecular complexity index is 1240. The minimum absolute atomic E-state index is 0.224. The number of carbonyl (C=O) groups is 1. The molecule has 0 saturated carbocycles. The van der Waals surface area contributed by atoms with Gasteiger partial charge < -0.3 is 14.3 Å². The van der Waals surface area contributed by atoms with Crippen LogP contribution in [0, 0.1) is 41.5 Å². The minimum atomic E-state index is -0.224. The minimum Gasteiger partial charge on any atom is -0.466 e. The van der Waals surface area contributed by atoms with Crippen LogP contribution in [0.2, 0.25) is 0 Å². The van der Waals surface area contributed by atoms with Crippen molar-refractivity contribution < 1.29 is 13.7 Å². The van der Waals surface area contributed by atoms with Gasteiger partial charge in [-0.2, -0.15) is 0 Å². The van der Waals surface area contributed by atoms with Gasteiger partial charge in [0.1, 0.15) is 11.5 Å². The van der Waals surface area contributed by atoms with Gasteiger partial charge in [0, 0.05) is 11.3 Å². The molecular weight excluding hydrogens is 366 g/mol. The molecule has 1 amide bonds. The molecule has 4 aromatic rings. The van der Waals surface area contributed by atoms with E-state index in [1.54, 1.807) is 13.0 Å². The molecule has 3 aromatic heterocycles. The highest BCUT2D eigenvalue weighted by atomic mass is 16.5. The molecule has 4 rings (SSSR count). The number of nitrogens with one attached hydrogen (secondary N) is 1. The number of nitrogens with zero attached hydrogens (tertiary/aromatic N) is 2. The van der Waals surface area contributed by atoms with Gasteiger partial charge in [0.05, 0.1) is 22.3 Å². The van der Waals surface area contributed by atoms with Crippen molar-refractivity contribution in [3.05, 3.63) is 63.7 Å². The fourth-order valence-electron chi connectivity index (χ4n) is 3.85. The van der Waals surface area contributed by atoms with Crippen LogP contribution in [0.5, 0.6) is 0 Å². The predicted octanol–water partition coefficient (Wildman–Crippen LogP) is 5.59. The number of anilines is 1. The van der Waals surface area contributed by atoms with Gasteiger partial charge in [0.15, 0.2) is 0 Å². The number of pyridine rings is 1. The lowest BCUT2D eigenvalue weighted by molar-refractivity contribution is 0.102. The number of rotatable bonds is 3. The normalized spacial score (nSPS) is 11.2. The highest BCUT2D eigenvalue weighted by molar-refractivity contribution is 6.13. The van der Waals surface area contributed by atoms with Crippen LogP contribution < -0.4 is 5.32 Å². The predicted molar refractivity (Wildman–Crippen MR) is 112 cm³/mol. The summed E-state index contributed by atoms with van der Waals surface area (Å²) in [7, 11) is 0. The molecule has 0 radical (unpaired) electrons. The second kappa shape index (κ2) is 6.88. The lowest BCUT2D eigenvalue weighted by atomic mass is 10.0. The number of amides is 1. The van der Waals surface area contributed by atoms with Crippen molar-refractivity contribution in [1.29, 1.82) is 0 Å². The van der Waals surface area contributed by atoms with Crippen molar-refractivity contribution in [2.75, 3.05) is 5.32 Å². The van der Waals surface area contributed by atoms with Crippen molar-refractivity contribution in [2.45, 2.75) is 41.5 Å². The zero-order valence-corrected chi connectivity index (χ0v) is 17.4. The van der Waals surface area contributed by atoms with E-state index in [0.29, 0.717) is 28.1 Å². The van der Waals surface area contributed by atoms with Gasteiger partial charge in [-0.1, -0.05) is 22.9 Å². The highest BCUT2D eigenvalue weighted by Gasteiger charge is 2.22. The molecule has 0 spiro atoms. The third kappa shape index (κ3) is 3.31. The van der Waals surface area contributed by atoms with Crippen LogP contribution in [0.3, 0.4) is 0 Å². The van der Waals surface area contributed by atoms with Gasteiger partial charge in [-0.05, 0) is 64.8 Å². The van der Waals surface area contributed by atoms with Crippen LogP contribution in [0.25, 0.3) is 22.4 Å². The summed E-state index contributed by atoms with van der Waals surface area (Å²) in [4.78, 5) is 17.9. The quantitative estimate of drug-likeness (QED) is 0.494. The number of aryl methyl sites for hydroxylation is 6. The van der Waals surface area contributed by atoms with E-state index in [4.69, 9.17) is 8.94 Å². The molecule has 3 heterocycles. The molecule has 6 heteroatoms. The summed E-state index contributed by atoms with van der Waals surface area (Å²) in [6.45, 7) is 11.6. The number of benzene rings is 1. The Balaban J connectivity index is 1.85. The number of hydrogen-bond donors (Lipinski definition) is 1. The highest BCUT2D eigenvalue weighted by Crippen LogP contribution is 2.31. The lowest BCUT2D eigenvalue weighted by Crippen LogP contribution is -2.15. The van der Waals surface area contributed by atoms with Crippen molar-refractivity contribution in [3.8, 4) is 11.3 Å². The molecule has 148 valence electrons. The molecule has 6 nitrogen and oxygen atoms in total. The van der Waals surface area contributed by atoms with E-state index < -0.39 is 0 Å². The van der Waals surface area contributed by atoms with E-state index in [1.807, 2.05) is 40.7 Å². The zero-order chi connectivity index (χ0) is 20.9. The van der Waals surface area contributed by atoms with E-state index in [9.17, 15) is 4.79 Å². The molecule has 0 bridgehead atoms. The number of hydrogen-bond acceptors (Lipinski definition) is 5. The second-order valence-corrected chi connectivity index (χ2v) is 7.56. The van der Waals surface area contributed by atoms with Crippen LogP contribution in [0.4, 0.5) is 5.69 Å². The summed E-state index contributed by atoms with van der Waals surface area (Å²) < 4.78 is 11.0. The summed E-state index contributed by atoms with van der Waals surface area (Å²) >= 11 is 0. The van der Waals surface area contributed by atoms with E-state index in [1.165, 1.54) is 0 Å². The van der Waals surface area contributed by atoms with Crippen LogP contribution in [0.15, 0.2) is 33.2 Å².